The summed E-state index contributed by atoms with van der Waals surface area (Å²) in [5.74, 6) is -0.0468. The van der Waals surface area contributed by atoms with E-state index in [9.17, 15) is 14.4 Å². The molecular weight excluding hydrogens is 476 g/mol. The van der Waals surface area contributed by atoms with E-state index in [0.717, 1.165) is 16.8 Å². The molecule has 2 amide bonds. The van der Waals surface area contributed by atoms with Crippen LogP contribution in [0.25, 0.3) is 16.8 Å². The van der Waals surface area contributed by atoms with Crippen molar-refractivity contribution in [3.8, 4) is 11.3 Å². The average Bonchev–Trinajstić information content (AvgIpc) is 3.33. The molecule has 0 bridgehead atoms. The summed E-state index contributed by atoms with van der Waals surface area (Å²) in [7, 11) is 0. The molecule has 0 unspecified atom stereocenters. The summed E-state index contributed by atoms with van der Waals surface area (Å²) < 4.78 is 0. The van der Waals surface area contributed by atoms with Gasteiger partial charge in [-0.3, -0.25) is 24.3 Å². The van der Waals surface area contributed by atoms with Crippen molar-refractivity contribution in [1.82, 2.24) is 20.2 Å². The minimum absolute atomic E-state index is 0.193. The average molecular weight is 495 g/mol. The van der Waals surface area contributed by atoms with Crippen LogP contribution in [0.3, 0.4) is 0 Å². The smallest absolute Gasteiger partial charge is 0.253 e. The summed E-state index contributed by atoms with van der Waals surface area (Å²) >= 11 is 6.97. The number of fused-ring (bicyclic) bond motifs is 1. The maximum atomic E-state index is 13.0. The molecule has 2 aliphatic rings. The number of thiazole rings is 1. The van der Waals surface area contributed by atoms with Gasteiger partial charge in [0.25, 0.3) is 5.91 Å². The number of thioether (sulfide) groups is 1. The first-order valence-electron chi connectivity index (χ1n) is 10.1. The molecular formula is C23H18N4O3S3. The third-order valence-electron chi connectivity index (χ3n) is 5.43. The van der Waals surface area contributed by atoms with Crippen LogP contribution in [0, 0.1) is 0 Å². The van der Waals surface area contributed by atoms with Gasteiger partial charge in [-0.15, -0.1) is 23.1 Å². The molecule has 0 aliphatic carbocycles. The second kappa shape index (κ2) is 9.12. The van der Waals surface area contributed by atoms with Gasteiger partial charge in [-0.25, -0.2) is 4.98 Å². The Morgan fingerprint density at radius 3 is 2.64 bits per heavy atom. The minimum atomic E-state index is -0.667. The number of β-lactam (4-membered cyclic amide) rings is 1. The third-order valence-corrected chi connectivity index (χ3v) is 7.83. The zero-order valence-electron chi connectivity index (χ0n) is 17.2. The molecule has 2 aliphatic heterocycles. The number of benzene rings is 1. The molecule has 166 valence electrons. The predicted molar refractivity (Wildman–Crippen MR) is 131 cm³/mol. The Hall–Kier alpha value is -2.95. The fourth-order valence-electron chi connectivity index (χ4n) is 3.86. The van der Waals surface area contributed by atoms with Crippen molar-refractivity contribution in [1.29, 1.82) is 0 Å². The molecule has 7 nitrogen and oxygen atoms in total. The molecule has 33 heavy (non-hydrogen) atoms. The highest BCUT2D eigenvalue weighted by Crippen LogP contribution is 2.44. The first-order chi connectivity index (χ1) is 16.0. The summed E-state index contributed by atoms with van der Waals surface area (Å²) in [4.78, 5) is 48.0. The van der Waals surface area contributed by atoms with Crippen molar-refractivity contribution < 1.29 is 14.4 Å². The van der Waals surface area contributed by atoms with Gasteiger partial charge < -0.3 is 5.32 Å². The second-order valence-electron chi connectivity index (χ2n) is 7.52. The lowest BCUT2D eigenvalue weighted by molar-refractivity contribution is -0.146. The number of pyridine rings is 1. The van der Waals surface area contributed by atoms with E-state index in [1.165, 1.54) is 28.0 Å². The van der Waals surface area contributed by atoms with E-state index in [1.807, 2.05) is 47.8 Å². The van der Waals surface area contributed by atoms with Gasteiger partial charge in [-0.05, 0) is 17.7 Å². The summed E-state index contributed by atoms with van der Waals surface area (Å²) in [6.07, 6.45) is 3.59. The normalized spacial score (nSPS) is 19.7. The molecule has 2 aromatic heterocycles. The second-order valence-corrected chi connectivity index (χ2v) is 9.89. The lowest BCUT2D eigenvalue weighted by atomic mass is 10.0. The summed E-state index contributed by atoms with van der Waals surface area (Å²) in [5.41, 5.74) is 3.51. The molecule has 5 rings (SSSR count). The number of carbonyl (C=O) groups excluding carboxylic acids is 3. The van der Waals surface area contributed by atoms with Gasteiger partial charge in [-0.1, -0.05) is 43.0 Å². The molecule has 0 radical (unpaired) electrons. The number of hydrogen-bond donors (Lipinski definition) is 2. The summed E-state index contributed by atoms with van der Waals surface area (Å²) in [6, 6.07) is 12.4. The predicted octanol–water partition coefficient (Wildman–Crippen LogP) is 3.02. The van der Waals surface area contributed by atoms with Gasteiger partial charge in [0.15, 0.2) is 0 Å². The third kappa shape index (κ3) is 4.21. The number of nitrogens with one attached hydrogen (secondary N) is 1. The SMILES string of the molecule is O=C(Cc1ccccc1)N[C@@H]1C(=O)N2C(C(=O)S)=C(c3nc(-c4ccncc4)cs3)CS[C@H]12. The molecule has 0 saturated carbocycles. The largest absolute Gasteiger partial charge is 0.341 e. The molecule has 1 fully saturated rings. The van der Waals surface area contributed by atoms with Crippen molar-refractivity contribution in [2.24, 2.45) is 0 Å². The zero-order chi connectivity index (χ0) is 22.9. The molecule has 0 spiro atoms. The van der Waals surface area contributed by atoms with Crippen molar-refractivity contribution in [2.45, 2.75) is 17.8 Å². The van der Waals surface area contributed by atoms with Gasteiger partial charge in [0, 0.05) is 34.7 Å². The van der Waals surface area contributed by atoms with E-state index in [0.29, 0.717) is 16.3 Å². The Morgan fingerprint density at radius 1 is 1.15 bits per heavy atom. The van der Waals surface area contributed by atoms with Crippen LogP contribution >= 0.6 is 35.7 Å². The highest BCUT2D eigenvalue weighted by atomic mass is 32.2. The van der Waals surface area contributed by atoms with Crippen molar-refractivity contribution in [3.05, 3.63) is 76.5 Å². The maximum absolute atomic E-state index is 13.0. The minimum Gasteiger partial charge on any atom is -0.341 e. The fourth-order valence-corrected chi connectivity index (χ4v) is 6.41. The van der Waals surface area contributed by atoms with Crippen LogP contribution in [0.15, 0.2) is 65.9 Å². The van der Waals surface area contributed by atoms with Crippen LogP contribution in [0.5, 0.6) is 0 Å². The van der Waals surface area contributed by atoms with Crippen LogP contribution in [0.1, 0.15) is 10.6 Å². The monoisotopic (exact) mass is 494 g/mol. The fraction of sp³-hybridized carbons (Fsp3) is 0.174. The molecule has 10 heteroatoms. The number of carbonyl (C=O) groups is 3. The Labute approximate surface area is 203 Å². The molecule has 1 N–H and O–H groups in total. The first-order valence-corrected chi connectivity index (χ1v) is 12.5. The van der Waals surface area contributed by atoms with E-state index in [4.69, 9.17) is 0 Å². The van der Waals surface area contributed by atoms with Crippen molar-refractivity contribution in [3.63, 3.8) is 0 Å². The van der Waals surface area contributed by atoms with Crippen LogP contribution in [-0.2, 0) is 20.8 Å². The van der Waals surface area contributed by atoms with Crippen LogP contribution in [0.4, 0.5) is 0 Å². The van der Waals surface area contributed by atoms with Gasteiger partial charge in [0.1, 0.15) is 22.1 Å². The Kier molecular flexibility index (Phi) is 6.05. The van der Waals surface area contributed by atoms with Crippen LogP contribution in [-0.4, -0.2) is 49.0 Å². The molecule has 1 aromatic carbocycles. The highest BCUT2D eigenvalue weighted by molar-refractivity contribution is 8.00. The Balaban J connectivity index is 1.36. The Bertz CT molecular complexity index is 1260. The van der Waals surface area contributed by atoms with Crippen molar-refractivity contribution in [2.75, 3.05) is 5.75 Å². The maximum Gasteiger partial charge on any atom is 0.253 e. The lowest BCUT2D eigenvalue weighted by Gasteiger charge is -2.49. The van der Waals surface area contributed by atoms with E-state index in [2.05, 4.69) is 27.9 Å². The number of rotatable bonds is 6. The molecule has 3 aromatic rings. The van der Waals surface area contributed by atoms with Crippen molar-refractivity contribution >= 4 is 58.2 Å². The number of hydrogen-bond acceptors (Lipinski definition) is 7. The van der Waals surface area contributed by atoms with Gasteiger partial charge in [0.2, 0.25) is 11.0 Å². The highest BCUT2D eigenvalue weighted by Gasteiger charge is 2.54. The van der Waals surface area contributed by atoms with E-state index >= 15 is 0 Å². The summed E-state index contributed by atoms with van der Waals surface area (Å²) in [5, 5.41) is 4.59. The van der Waals surface area contributed by atoms with Gasteiger partial charge >= 0.3 is 0 Å². The first kappa shape index (κ1) is 21.9. The molecule has 4 heterocycles. The zero-order valence-corrected chi connectivity index (χ0v) is 19.7. The molecule has 1 saturated heterocycles. The van der Waals surface area contributed by atoms with E-state index < -0.39 is 11.2 Å². The van der Waals surface area contributed by atoms with Crippen LogP contribution in [0.2, 0.25) is 0 Å². The standard InChI is InChI=1S/C23H18N4O3S3/c28-17(10-13-4-2-1-3-5-13)26-18-21(29)27-19(23(30)31)15(11-33-22(18)27)20-25-16(12-32-20)14-6-8-24-9-7-14/h1-9,12,18,22H,10-11H2,(H,26,28)(H,30,31)/t18-,22-/m1/s1. The van der Waals surface area contributed by atoms with Gasteiger partial charge in [0.05, 0.1) is 12.1 Å². The number of amides is 2. The Morgan fingerprint density at radius 2 is 1.91 bits per heavy atom. The summed E-state index contributed by atoms with van der Waals surface area (Å²) in [6.45, 7) is 0. The number of nitrogens with zero attached hydrogens (tertiary/aromatic N) is 3. The van der Waals surface area contributed by atoms with Gasteiger partial charge in [-0.2, -0.15) is 0 Å². The quantitative estimate of drug-likeness (QED) is 0.404. The molecule has 2 atom stereocenters. The number of aromatic nitrogens is 2. The topological polar surface area (TPSA) is 92.3 Å². The van der Waals surface area contributed by atoms with Crippen LogP contribution < -0.4 is 5.32 Å². The van der Waals surface area contributed by atoms with E-state index in [-0.39, 0.29) is 29.3 Å². The number of thiol groups is 1. The lowest BCUT2D eigenvalue weighted by Crippen LogP contribution is -2.70. The van der Waals surface area contributed by atoms with E-state index in [1.54, 1.807) is 12.4 Å².